The molecule has 17 nitrogen and oxygen atoms in total. The molecule has 3 aromatic heterocycles. The lowest BCUT2D eigenvalue weighted by Crippen LogP contribution is -2.46. The molecule has 4 aromatic carbocycles. The van der Waals surface area contributed by atoms with Crippen molar-refractivity contribution in [3.63, 3.8) is 0 Å². The predicted molar refractivity (Wildman–Crippen MR) is 216 cm³/mol. The van der Waals surface area contributed by atoms with Gasteiger partial charge in [0.2, 0.25) is 5.82 Å². The van der Waals surface area contributed by atoms with Crippen molar-refractivity contribution in [1.82, 2.24) is 40.6 Å². The molecule has 0 spiro atoms. The van der Waals surface area contributed by atoms with E-state index in [1.807, 2.05) is 70.7 Å². The summed E-state index contributed by atoms with van der Waals surface area (Å²) in [6.45, 7) is 0.525. The topological polar surface area (TPSA) is 193 Å². The van der Waals surface area contributed by atoms with E-state index in [1.165, 1.54) is 39.5 Å². The van der Waals surface area contributed by atoms with Crippen molar-refractivity contribution in [2.45, 2.75) is 12.8 Å². The van der Waals surface area contributed by atoms with Gasteiger partial charge in [-0.25, -0.2) is 4.39 Å². The van der Waals surface area contributed by atoms with Gasteiger partial charge in [-0.1, -0.05) is 48.5 Å². The minimum Gasteiger partial charge on any atom is -0.497 e. The van der Waals surface area contributed by atoms with Crippen molar-refractivity contribution in [3.8, 4) is 57.4 Å². The normalized spacial score (nSPS) is 10.9. The Morgan fingerprint density at radius 2 is 1.25 bits per heavy atom. The molecular weight excluding hydrogens is 762 g/mol. The Hall–Kier alpha value is -7.76. The van der Waals surface area contributed by atoms with E-state index in [0.29, 0.717) is 64.1 Å². The third-order valence-corrected chi connectivity index (χ3v) is 9.29. The van der Waals surface area contributed by atoms with E-state index in [1.54, 1.807) is 31.4 Å². The van der Waals surface area contributed by atoms with Gasteiger partial charge >= 0.3 is 12.0 Å². The molecule has 18 heteroatoms. The monoisotopic (exact) mass is 799 g/mol. The number of nitrogens with zero attached hydrogens (tertiary/aromatic N) is 10. The van der Waals surface area contributed by atoms with Gasteiger partial charge in [0.15, 0.2) is 23.2 Å². The minimum absolute atomic E-state index is 0.0218. The smallest absolute Gasteiger partial charge is 0.318 e. The number of nitrogens with one attached hydrogen (secondary N) is 1. The molecule has 3 heterocycles. The summed E-state index contributed by atoms with van der Waals surface area (Å²) in [6.07, 6.45) is 0.753. The highest BCUT2D eigenvalue weighted by Crippen LogP contribution is 2.32. The maximum Gasteiger partial charge on any atom is 0.318 e. The molecule has 0 aliphatic rings. The number of halogens is 1. The summed E-state index contributed by atoms with van der Waals surface area (Å²) in [5.41, 5.74) is 4.72. The molecule has 0 fully saturated rings. The van der Waals surface area contributed by atoms with Gasteiger partial charge in [0.25, 0.3) is 5.69 Å². The number of methoxy groups -OCH3 is 4. The lowest BCUT2D eigenvalue weighted by molar-refractivity contribution is -0.384. The van der Waals surface area contributed by atoms with E-state index in [-0.39, 0.29) is 36.5 Å². The summed E-state index contributed by atoms with van der Waals surface area (Å²) < 4.78 is 37.0. The number of rotatable bonds is 17. The van der Waals surface area contributed by atoms with E-state index < -0.39 is 10.7 Å². The lowest BCUT2D eigenvalue weighted by atomic mass is 10.1. The highest BCUT2D eigenvalue weighted by molar-refractivity contribution is 5.71. The van der Waals surface area contributed by atoms with Crippen LogP contribution in [0.4, 0.5) is 21.7 Å². The number of aromatic amines is 1. The number of ether oxygens (including phenoxy) is 4. The largest absolute Gasteiger partial charge is 0.497 e. The number of non-ortho nitro benzene ring substituents is 1. The van der Waals surface area contributed by atoms with Crippen LogP contribution in [-0.2, 0) is 12.8 Å². The summed E-state index contributed by atoms with van der Waals surface area (Å²) in [6, 6.07) is 29.9. The molecule has 0 unspecified atom stereocenters. The molecule has 0 radical (unpaired) electrons. The molecule has 0 aliphatic heterocycles. The van der Waals surface area contributed by atoms with E-state index in [0.717, 1.165) is 11.1 Å². The molecule has 59 heavy (non-hydrogen) atoms. The standard InChI is InChI=1S/C41H38FN11O6/c1-56-32-10-6-8-29(23-32)35-25-38(46-41(44-35)59-4)51(19-17-26-11-14-31(15-12-26)53(54)55)52(20-18-27-13-16-36(57-2)33(42)21-27)37-24-34(43-40(45-37)58-3)28-7-5-9-30(22-28)39-47-49-50-48-39/h5-16,21-25H,17-20H2,1-4H3,(H,47,48,49,50). The van der Waals surface area contributed by atoms with Crippen molar-refractivity contribution in [1.29, 1.82) is 0 Å². The van der Waals surface area contributed by atoms with Crippen LogP contribution in [0.3, 0.4) is 0 Å². The van der Waals surface area contributed by atoms with Crippen LogP contribution < -0.4 is 29.0 Å². The van der Waals surface area contributed by atoms with Gasteiger partial charge in [0, 0.05) is 54.0 Å². The molecule has 0 atom stereocenters. The van der Waals surface area contributed by atoms with E-state index in [9.17, 15) is 10.1 Å². The number of hydrogen-bond donors (Lipinski definition) is 1. The van der Waals surface area contributed by atoms with Gasteiger partial charge in [0.1, 0.15) is 5.75 Å². The first-order chi connectivity index (χ1) is 28.7. The molecule has 0 amide bonds. The van der Waals surface area contributed by atoms with Crippen LogP contribution in [0.15, 0.2) is 103 Å². The van der Waals surface area contributed by atoms with Crippen molar-refractivity contribution in [3.05, 3.63) is 130 Å². The van der Waals surface area contributed by atoms with E-state index in [4.69, 9.17) is 33.9 Å². The second-order valence-electron chi connectivity index (χ2n) is 12.9. The van der Waals surface area contributed by atoms with Gasteiger partial charge in [-0.05, 0) is 59.5 Å². The van der Waals surface area contributed by atoms with Gasteiger partial charge in [-0.3, -0.25) is 20.1 Å². The molecule has 7 aromatic rings. The first kappa shape index (κ1) is 39.5. The Labute approximate surface area is 337 Å². The number of benzene rings is 4. The lowest BCUT2D eigenvalue weighted by Gasteiger charge is -2.37. The van der Waals surface area contributed by atoms with Gasteiger partial charge in [0.05, 0.1) is 44.8 Å². The van der Waals surface area contributed by atoms with Crippen molar-refractivity contribution < 1.29 is 28.3 Å². The molecule has 0 saturated heterocycles. The van der Waals surface area contributed by atoms with Crippen LogP contribution in [0.5, 0.6) is 23.5 Å². The zero-order chi connectivity index (χ0) is 41.3. The Bertz CT molecular complexity index is 2540. The molecule has 0 bridgehead atoms. The second-order valence-corrected chi connectivity index (χ2v) is 12.9. The maximum absolute atomic E-state index is 15.0. The Balaban J connectivity index is 1.39. The van der Waals surface area contributed by atoms with Crippen molar-refractivity contribution in [2.75, 3.05) is 51.5 Å². The molecule has 1 N–H and O–H groups in total. The van der Waals surface area contributed by atoms with Crippen LogP contribution in [0, 0.1) is 15.9 Å². The van der Waals surface area contributed by atoms with E-state index >= 15 is 4.39 Å². The molecular formula is C41H38FN11O6. The van der Waals surface area contributed by atoms with Crippen LogP contribution in [0.2, 0.25) is 0 Å². The first-order valence-electron chi connectivity index (χ1n) is 18.2. The zero-order valence-electron chi connectivity index (χ0n) is 32.4. The SMILES string of the molecule is COc1cccc(-c2cc(N(CCc3ccc([N+](=O)[O-])cc3)N(CCc3ccc(OC)c(F)c3)c3cc(-c4cccc(-c5nn[nH]n5)c4)nc(OC)n3)nc(OC)n2)c1. The summed E-state index contributed by atoms with van der Waals surface area (Å²) in [5.74, 6) is 1.51. The fourth-order valence-corrected chi connectivity index (χ4v) is 6.29. The predicted octanol–water partition coefficient (Wildman–Crippen LogP) is 6.58. The maximum atomic E-state index is 15.0. The fraction of sp³-hybridized carbons (Fsp3) is 0.195. The Kier molecular flexibility index (Phi) is 12.0. The van der Waals surface area contributed by atoms with Crippen LogP contribution in [-0.4, -0.2) is 87.0 Å². The van der Waals surface area contributed by atoms with Crippen LogP contribution in [0.25, 0.3) is 33.9 Å². The highest BCUT2D eigenvalue weighted by atomic mass is 19.1. The van der Waals surface area contributed by atoms with Crippen molar-refractivity contribution in [2.24, 2.45) is 0 Å². The third kappa shape index (κ3) is 9.28. The van der Waals surface area contributed by atoms with Crippen molar-refractivity contribution >= 4 is 17.3 Å². The number of H-pyrrole nitrogens is 1. The quantitative estimate of drug-likeness (QED) is 0.0767. The molecule has 0 saturated carbocycles. The first-order valence-corrected chi connectivity index (χ1v) is 18.2. The Morgan fingerprint density at radius 1 is 0.661 bits per heavy atom. The average Bonchev–Trinajstić information content (AvgIpc) is 3.83. The number of hydrogen-bond acceptors (Lipinski definition) is 15. The third-order valence-electron chi connectivity index (χ3n) is 9.29. The molecule has 7 rings (SSSR count). The highest BCUT2D eigenvalue weighted by Gasteiger charge is 2.25. The van der Waals surface area contributed by atoms with Crippen LogP contribution in [0.1, 0.15) is 11.1 Å². The molecule has 0 aliphatic carbocycles. The molecule has 300 valence electrons. The zero-order valence-corrected chi connectivity index (χ0v) is 32.4. The summed E-state index contributed by atoms with van der Waals surface area (Å²) in [4.78, 5) is 30.1. The Morgan fingerprint density at radius 3 is 1.81 bits per heavy atom. The number of tetrazole rings is 1. The summed E-state index contributed by atoms with van der Waals surface area (Å²) >= 11 is 0. The fourth-order valence-electron chi connectivity index (χ4n) is 6.29. The minimum atomic E-state index is -0.498. The number of hydrazine groups is 1. The van der Waals surface area contributed by atoms with E-state index in [2.05, 4.69) is 25.6 Å². The van der Waals surface area contributed by atoms with Gasteiger partial charge in [-0.2, -0.15) is 25.1 Å². The van der Waals surface area contributed by atoms with Crippen LogP contribution >= 0.6 is 0 Å². The average molecular weight is 800 g/mol. The second kappa shape index (κ2) is 18.0. The summed E-state index contributed by atoms with van der Waals surface area (Å²) in [7, 11) is 5.96. The van der Waals surface area contributed by atoms with Gasteiger partial charge < -0.3 is 18.9 Å². The number of nitro groups is 1. The van der Waals surface area contributed by atoms with Gasteiger partial charge in [-0.15, -0.1) is 10.2 Å². The summed E-state index contributed by atoms with van der Waals surface area (Å²) in [5, 5.41) is 29.7. The number of aromatic nitrogens is 8. The number of anilines is 2. The number of nitro benzene ring substituents is 1.